The third kappa shape index (κ3) is 3.22. The van der Waals surface area contributed by atoms with Gasteiger partial charge in [-0.05, 0) is 23.5 Å². The van der Waals surface area contributed by atoms with E-state index in [-0.39, 0.29) is 0 Å². The lowest BCUT2D eigenvalue weighted by atomic mass is 9.83. The Bertz CT molecular complexity index is 404. The first-order valence-electron chi connectivity index (χ1n) is 6.91. The second-order valence-electron chi connectivity index (χ2n) is 5.12. The Balaban J connectivity index is 2.29. The molecule has 0 aliphatic carbocycles. The lowest BCUT2D eigenvalue weighted by Crippen LogP contribution is -2.06. The molecule has 0 saturated carbocycles. The van der Waals surface area contributed by atoms with Crippen molar-refractivity contribution >= 4 is 0 Å². The molecule has 0 fully saturated rings. The van der Waals surface area contributed by atoms with E-state index in [4.69, 9.17) is 0 Å². The van der Waals surface area contributed by atoms with Crippen LogP contribution in [0.25, 0.3) is 0 Å². The van der Waals surface area contributed by atoms with Crippen molar-refractivity contribution in [2.45, 2.75) is 32.6 Å². The van der Waals surface area contributed by atoms with E-state index in [1.54, 1.807) is 0 Å². The molecule has 0 radical (unpaired) electrons. The summed E-state index contributed by atoms with van der Waals surface area (Å²) in [5.74, 6) is 1.29. The van der Waals surface area contributed by atoms with Crippen molar-refractivity contribution < 1.29 is 0 Å². The van der Waals surface area contributed by atoms with Gasteiger partial charge < -0.3 is 0 Å². The molecule has 18 heavy (non-hydrogen) atoms. The lowest BCUT2D eigenvalue weighted by molar-refractivity contribution is 0.484. The molecule has 0 heteroatoms. The van der Waals surface area contributed by atoms with Crippen molar-refractivity contribution in [2.24, 2.45) is 5.92 Å². The van der Waals surface area contributed by atoms with Gasteiger partial charge >= 0.3 is 0 Å². The highest BCUT2D eigenvalue weighted by molar-refractivity contribution is 5.32. The van der Waals surface area contributed by atoms with Crippen molar-refractivity contribution in [3.05, 3.63) is 71.8 Å². The van der Waals surface area contributed by atoms with Crippen LogP contribution in [0.1, 0.15) is 43.7 Å². The molecule has 0 N–H and O–H groups in total. The largest absolute Gasteiger partial charge is 0.0651 e. The van der Waals surface area contributed by atoms with Gasteiger partial charge in [-0.25, -0.2) is 0 Å². The van der Waals surface area contributed by atoms with E-state index in [0.717, 1.165) is 5.92 Å². The quantitative estimate of drug-likeness (QED) is 0.667. The summed E-state index contributed by atoms with van der Waals surface area (Å²) in [5, 5.41) is 0. The van der Waals surface area contributed by atoms with Crippen LogP contribution in [0, 0.1) is 5.92 Å². The normalized spacial score (nSPS) is 12.6. The van der Waals surface area contributed by atoms with Gasteiger partial charge in [-0.15, -0.1) is 0 Å². The molecule has 1 atom stereocenters. The maximum Gasteiger partial charge on any atom is 0.00918 e. The molecule has 0 nitrogen and oxygen atoms in total. The van der Waals surface area contributed by atoms with Gasteiger partial charge in [0.2, 0.25) is 0 Å². The highest BCUT2D eigenvalue weighted by Gasteiger charge is 2.16. The molecule has 0 heterocycles. The third-order valence-corrected chi connectivity index (χ3v) is 3.74. The number of hydrogen-bond donors (Lipinski definition) is 0. The molecule has 0 aromatic heterocycles. The van der Waals surface area contributed by atoms with Gasteiger partial charge in [0.25, 0.3) is 0 Å². The van der Waals surface area contributed by atoms with E-state index in [0.29, 0.717) is 5.92 Å². The maximum atomic E-state index is 2.35. The molecule has 0 saturated heterocycles. The lowest BCUT2D eigenvalue weighted by Gasteiger charge is -2.21. The predicted molar refractivity (Wildman–Crippen MR) is 78.8 cm³/mol. The van der Waals surface area contributed by atoms with Crippen LogP contribution < -0.4 is 0 Å². The van der Waals surface area contributed by atoms with E-state index in [9.17, 15) is 0 Å². The Kier molecular flexibility index (Phi) is 4.58. The summed E-state index contributed by atoms with van der Waals surface area (Å²) in [5.41, 5.74) is 2.87. The van der Waals surface area contributed by atoms with Crippen LogP contribution in [-0.2, 0) is 0 Å². The second-order valence-corrected chi connectivity index (χ2v) is 5.12. The molecule has 94 valence electrons. The van der Waals surface area contributed by atoms with E-state index in [2.05, 4.69) is 74.5 Å². The summed E-state index contributed by atoms with van der Waals surface area (Å²) in [6, 6.07) is 21.7. The monoisotopic (exact) mass is 238 g/mol. The summed E-state index contributed by atoms with van der Waals surface area (Å²) < 4.78 is 0. The highest BCUT2D eigenvalue weighted by Crippen LogP contribution is 2.31. The predicted octanol–water partition coefficient (Wildman–Crippen LogP) is 5.25. The van der Waals surface area contributed by atoms with Crippen molar-refractivity contribution in [3.8, 4) is 0 Å². The zero-order valence-corrected chi connectivity index (χ0v) is 11.3. The summed E-state index contributed by atoms with van der Waals surface area (Å²) in [6.07, 6.45) is 2.47. The molecule has 0 spiro atoms. The molecule has 2 rings (SSSR count). The average Bonchev–Trinajstić information content (AvgIpc) is 2.46. The topological polar surface area (TPSA) is 0 Å². The van der Waals surface area contributed by atoms with E-state index < -0.39 is 0 Å². The minimum absolute atomic E-state index is 0.530. The Morgan fingerprint density at radius 1 is 0.778 bits per heavy atom. The van der Waals surface area contributed by atoms with E-state index in [1.807, 2.05) is 0 Å². The fourth-order valence-electron chi connectivity index (χ4n) is 2.40. The molecule has 0 bridgehead atoms. The molecular weight excluding hydrogens is 216 g/mol. The molecule has 2 aromatic carbocycles. The fraction of sp³-hybridized carbons (Fsp3) is 0.333. The average molecular weight is 238 g/mol. The minimum atomic E-state index is 0.530. The van der Waals surface area contributed by atoms with Gasteiger partial charge in [0.15, 0.2) is 0 Å². The summed E-state index contributed by atoms with van der Waals surface area (Å²) in [6.45, 7) is 4.62. The van der Waals surface area contributed by atoms with Gasteiger partial charge in [-0.2, -0.15) is 0 Å². The van der Waals surface area contributed by atoms with E-state index >= 15 is 0 Å². The fourth-order valence-corrected chi connectivity index (χ4v) is 2.40. The van der Waals surface area contributed by atoms with E-state index in [1.165, 1.54) is 24.0 Å². The minimum Gasteiger partial charge on any atom is -0.0651 e. The van der Waals surface area contributed by atoms with Gasteiger partial charge in [-0.1, -0.05) is 80.9 Å². The summed E-state index contributed by atoms with van der Waals surface area (Å²) in [7, 11) is 0. The highest BCUT2D eigenvalue weighted by atomic mass is 14.2. The van der Waals surface area contributed by atoms with Crippen LogP contribution in [0.2, 0.25) is 0 Å². The zero-order valence-electron chi connectivity index (χ0n) is 11.3. The second kappa shape index (κ2) is 6.39. The zero-order chi connectivity index (χ0) is 12.8. The van der Waals surface area contributed by atoms with Crippen LogP contribution >= 0.6 is 0 Å². The summed E-state index contributed by atoms with van der Waals surface area (Å²) in [4.78, 5) is 0. The Hall–Kier alpha value is -1.56. The van der Waals surface area contributed by atoms with Gasteiger partial charge in [0.1, 0.15) is 0 Å². The Morgan fingerprint density at radius 2 is 1.22 bits per heavy atom. The number of benzene rings is 2. The van der Waals surface area contributed by atoms with Crippen LogP contribution in [0.5, 0.6) is 0 Å². The number of rotatable bonds is 5. The molecule has 0 aliphatic heterocycles. The van der Waals surface area contributed by atoms with Gasteiger partial charge in [0, 0.05) is 5.92 Å². The van der Waals surface area contributed by atoms with Gasteiger partial charge in [0.05, 0.1) is 0 Å². The molecule has 0 unspecified atom stereocenters. The third-order valence-electron chi connectivity index (χ3n) is 3.74. The first-order valence-corrected chi connectivity index (χ1v) is 6.91. The first-order chi connectivity index (χ1) is 8.81. The van der Waals surface area contributed by atoms with Crippen molar-refractivity contribution in [3.63, 3.8) is 0 Å². The smallest absolute Gasteiger partial charge is 0.00918 e. The van der Waals surface area contributed by atoms with Crippen molar-refractivity contribution in [1.29, 1.82) is 0 Å². The van der Waals surface area contributed by atoms with Gasteiger partial charge in [-0.3, -0.25) is 0 Å². The van der Waals surface area contributed by atoms with Crippen LogP contribution in [0.4, 0.5) is 0 Å². The van der Waals surface area contributed by atoms with Crippen molar-refractivity contribution in [2.75, 3.05) is 0 Å². The summed E-state index contributed by atoms with van der Waals surface area (Å²) >= 11 is 0. The van der Waals surface area contributed by atoms with Crippen molar-refractivity contribution in [1.82, 2.24) is 0 Å². The Morgan fingerprint density at radius 3 is 1.61 bits per heavy atom. The Labute approximate surface area is 111 Å². The SMILES string of the molecule is CC[C@H](C)CC(c1ccccc1)c1ccccc1. The number of hydrogen-bond acceptors (Lipinski definition) is 0. The standard InChI is InChI=1S/C18H22/c1-3-15(2)14-18(16-10-6-4-7-11-16)17-12-8-5-9-13-17/h4-13,15,18H,3,14H2,1-2H3/t15-/m0/s1. The molecule has 2 aromatic rings. The van der Waals surface area contributed by atoms with Crippen LogP contribution in [-0.4, -0.2) is 0 Å². The van der Waals surface area contributed by atoms with Crippen LogP contribution in [0.15, 0.2) is 60.7 Å². The molecular formula is C18H22. The maximum absolute atomic E-state index is 2.35. The van der Waals surface area contributed by atoms with Crippen LogP contribution in [0.3, 0.4) is 0 Å². The molecule has 0 amide bonds. The first kappa shape index (κ1) is 12.9. The molecule has 0 aliphatic rings.